The van der Waals surface area contributed by atoms with Gasteiger partial charge >= 0.3 is 0 Å². The summed E-state index contributed by atoms with van der Waals surface area (Å²) in [6, 6.07) is 0. The molecular formula is C9H14N2O2S. The maximum absolute atomic E-state index is 11.6. The quantitative estimate of drug-likeness (QED) is 0.718. The van der Waals surface area contributed by atoms with Gasteiger partial charge < -0.3 is 4.74 Å². The Morgan fingerprint density at radius 1 is 1.50 bits per heavy atom. The van der Waals surface area contributed by atoms with Gasteiger partial charge in [0.15, 0.2) is 0 Å². The van der Waals surface area contributed by atoms with Crippen LogP contribution in [0.5, 0.6) is 0 Å². The van der Waals surface area contributed by atoms with Crippen LogP contribution in [0.4, 0.5) is 0 Å². The minimum absolute atomic E-state index is 0.0487. The fourth-order valence-corrected chi connectivity index (χ4v) is 1.86. The minimum Gasteiger partial charge on any atom is -0.376 e. The van der Waals surface area contributed by atoms with Gasteiger partial charge in [0.05, 0.1) is 5.69 Å². The van der Waals surface area contributed by atoms with Gasteiger partial charge in [0.1, 0.15) is 11.5 Å². The first-order valence-electron chi connectivity index (χ1n) is 4.31. The van der Waals surface area contributed by atoms with E-state index in [1.54, 1.807) is 0 Å². The zero-order valence-corrected chi connectivity index (χ0v) is 9.64. The maximum atomic E-state index is 11.6. The molecule has 0 atom stereocenters. The highest BCUT2D eigenvalue weighted by Gasteiger charge is 2.25. The Bertz CT molecular complexity index is 328. The summed E-state index contributed by atoms with van der Waals surface area (Å²) in [5, 5.41) is 3.98. The van der Waals surface area contributed by atoms with Crippen molar-refractivity contribution in [1.82, 2.24) is 9.59 Å². The first-order chi connectivity index (χ1) is 6.46. The third-order valence-electron chi connectivity index (χ3n) is 1.73. The molecule has 0 aliphatic carbocycles. The van der Waals surface area contributed by atoms with Crippen LogP contribution in [0.2, 0.25) is 0 Å². The van der Waals surface area contributed by atoms with Gasteiger partial charge in [-0.2, -0.15) is 0 Å². The van der Waals surface area contributed by atoms with E-state index in [2.05, 4.69) is 9.59 Å². The van der Waals surface area contributed by atoms with Crippen LogP contribution < -0.4 is 0 Å². The highest BCUT2D eigenvalue weighted by molar-refractivity contribution is 7.08. The van der Waals surface area contributed by atoms with Crippen molar-refractivity contribution in [2.45, 2.75) is 26.2 Å². The van der Waals surface area contributed by atoms with Gasteiger partial charge in [-0.1, -0.05) is 25.3 Å². The van der Waals surface area contributed by atoms with Crippen LogP contribution in [0.3, 0.4) is 0 Å². The fraction of sp³-hybridized carbons (Fsp3) is 0.667. The molecule has 0 aliphatic rings. The molecule has 0 saturated carbocycles. The van der Waals surface area contributed by atoms with E-state index in [9.17, 15) is 4.79 Å². The lowest BCUT2D eigenvalue weighted by Crippen LogP contribution is -2.18. The Morgan fingerprint density at radius 2 is 2.14 bits per heavy atom. The van der Waals surface area contributed by atoms with Gasteiger partial charge in [0.2, 0.25) is 5.78 Å². The first kappa shape index (κ1) is 11.3. The highest BCUT2D eigenvalue weighted by atomic mass is 32.1. The number of aromatic nitrogens is 2. The number of rotatable bonds is 3. The molecule has 0 bridgehead atoms. The molecule has 1 rings (SSSR count). The standard InChI is InChI=1S/C9H14N2O2S/c1-9(2,3)8-7(14-11-10-8)6(12)5-13-4/h5H2,1-4H3. The summed E-state index contributed by atoms with van der Waals surface area (Å²) in [6.45, 7) is 6.11. The van der Waals surface area contributed by atoms with Crippen molar-refractivity contribution in [2.75, 3.05) is 13.7 Å². The number of methoxy groups -OCH3 is 1. The molecule has 5 heteroatoms. The van der Waals surface area contributed by atoms with Gasteiger partial charge in [-0.15, -0.1) is 5.10 Å². The average molecular weight is 214 g/mol. The number of carbonyl (C=O) groups is 1. The SMILES string of the molecule is COCC(=O)c1snnc1C(C)(C)C. The zero-order valence-electron chi connectivity index (χ0n) is 8.83. The summed E-state index contributed by atoms with van der Waals surface area (Å²) >= 11 is 1.13. The lowest BCUT2D eigenvalue weighted by Gasteiger charge is -2.15. The Balaban J connectivity index is 2.99. The van der Waals surface area contributed by atoms with E-state index >= 15 is 0 Å². The second-order valence-corrected chi connectivity index (χ2v) is 4.81. The summed E-state index contributed by atoms with van der Waals surface area (Å²) in [7, 11) is 1.50. The fourth-order valence-electron chi connectivity index (χ4n) is 1.06. The van der Waals surface area contributed by atoms with Gasteiger partial charge in [0.25, 0.3) is 0 Å². The molecular weight excluding hydrogens is 200 g/mol. The topological polar surface area (TPSA) is 52.1 Å². The molecule has 0 spiro atoms. The zero-order chi connectivity index (χ0) is 10.8. The number of carbonyl (C=O) groups excluding carboxylic acids is 1. The molecule has 0 aromatic carbocycles. The second kappa shape index (κ2) is 4.14. The van der Waals surface area contributed by atoms with Crippen LogP contribution in [0, 0.1) is 0 Å². The average Bonchev–Trinajstić information content (AvgIpc) is 2.50. The lowest BCUT2D eigenvalue weighted by atomic mass is 9.91. The number of Topliss-reactive ketones (excluding diaryl/α,β-unsaturated/α-hetero) is 1. The third kappa shape index (κ3) is 2.36. The van der Waals surface area contributed by atoms with Gasteiger partial charge in [-0.05, 0) is 11.5 Å². The number of hydrogen-bond acceptors (Lipinski definition) is 5. The second-order valence-electron chi connectivity index (χ2n) is 4.06. The predicted octanol–water partition coefficient (Wildman–Crippen LogP) is 1.66. The molecule has 1 heterocycles. The molecule has 0 aliphatic heterocycles. The number of ether oxygens (including phenoxy) is 1. The van der Waals surface area contributed by atoms with Crippen LogP contribution >= 0.6 is 11.5 Å². The van der Waals surface area contributed by atoms with Crippen molar-refractivity contribution in [3.05, 3.63) is 10.6 Å². The predicted molar refractivity (Wildman–Crippen MR) is 54.8 cm³/mol. The largest absolute Gasteiger partial charge is 0.376 e. The molecule has 0 N–H and O–H groups in total. The van der Waals surface area contributed by atoms with Crippen LogP contribution in [-0.4, -0.2) is 29.1 Å². The smallest absolute Gasteiger partial charge is 0.201 e. The third-order valence-corrected chi connectivity index (χ3v) is 2.49. The molecule has 1 aromatic heterocycles. The van der Waals surface area contributed by atoms with Crippen molar-refractivity contribution in [1.29, 1.82) is 0 Å². The highest BCUT2D eigenvalue weighted by Crippen LogP contribution is 2.25. The van der Waals surface area contributed by atoms with Crippen LogP contribution in [-0.2, 0) is 10.2 Å². The summed E-state index contributed by atoms with van der Waals surface area (Å²) in [5.41, 5.74) is 0.607. The molecule has 78 valence electrons. The van der Waals surface area contributed by atoms with E-state index in [0.29, 0.717) is 4.88 Å². The number of ketones is 1. The van der Waals surface area contributed by atoms with E-state index < -0.39 is 0 Å². The summed E-state index contributed by atoms with van der Waals surface area (Å²) in [4.78, 5) is 12.2. The summed E-state index contributed by atoms with van der Waals surface area (Å²) in [6.07, 6.45) is 0. The maximum Gasteiger partial charge on any atom is 0.201 e. The van der Waals surface area contributed by atoms with Gasteiger partial charge in [0, 0.05) is 12.5 Å². The van der Waals surface area contributed by atoms with E-state index in [-0.39, 0.29) is 17.8 Å². The summed E-state index contributed by atoms with van der Waals surface area (Å²) in [5.74, 6) is -0.0487. The minimum atomic E-state index is -0.147. The van der Waals surface area contributed by atoms with Gasteiger partial charge in [-0.3, -0.25) is 4.79 Å². The Kier molecular flexibility index (Phi) is 3.34. The van der Waals surface area contributed by atoms with E-state index in [0.717, 1.165) is 17.2 Å². The molecule has 0 saturated heterocycles. The van der Waals surface area contributed by atoms with Crippen molar-refractivity contribution >= 4 is 17.3 Å². The van der Waals surface area contributed by atoms with Crippen LogP contribution in [0.25, 0.3) is 0 Å². The lowest BCUT2D eigenvalue weighted by molar-refractivity contribution is 0.0850. The molecule has 0 amide bonds. The van der Waals surface area contributed by atoms with Crippen LogP contribution in [0.1, 0.15) is 36.1 Å². The Morgan fingerprint density at radius 3 is 2.64 bits per heavy atom. The molecule has 14 heavy (non-hydrogen) atoms. The Labute approximate surface area is 87.5 Å². The molecule has 0 fully saturated rings. The monoisotopic (exact) mass is 214 g/mol. The van der Waals surface area contributed by atoms with Gasteiger partial charge in [-0.25, -0.2) is 0 Å². The number of hydrogen-bond donors (Lipinski definition) is 0. The van der Waals surface area contributed by atoms with E-state index in [1.165, 1.54) is 7.11 Å². The normalized spacial score (nSPS) is 11.7. The van der Waals surface area contributed by atoms with Crippen molar-refractivity contribution in [3.63, 3.8) is 0 Å². The molecule has 0 radical (unpaired) electrons. The molecule has 4 nitrogen and oxygen atoms in total. The number of nitrogens with zero attached hydrogens (tertiary/aromatic N) is 2. The van der Waals surface area contributed by atoms with E-state index in [1.807, 2.05) is 20.8 Å². The first-order valence-corrected chi connectivity index (χ1v) is 5.09. The molecule has 1 aromatic rings. The van der Waals surface area contributed by atoms with Crippen molar-refractivity contribution in [2.24, 2.45) is 0 Å². The van der Waals surface area contributed by atoms with Crippen molar-refractivity contribution < 1.29 is 9.53 Å². The van der Waals surface area contributed by atoms with Crippen molar-refractivity contribution in [3.8, 4) is 0 Å². The van der Waals surface area contributed by atoms with E-state index in [4.69, 9.17) is 4.74 Å². The Hall–Kier alpha value is -0.810. The molecule has 0 unspecified atom stereocenters. The summed E-state index contributed by atoms with van der Waals surface area (Å²) < 4.78 is 8.60. The van der Waals surface area contributed by atoms with Crippen LogP contribution in [0.15, 0.2) is 0 Å².